The molecule has 1 saturated carbocycles. The zero-order valence-electron chi connectivity index (χ0n) is 9.58. The van der Waals surface area contributed by atoms with Gasteiger partial charge in [-0.25, -0.2) is 0 Å². The molecule has 1 aliphatic carbocycles. The van der Waals surface area contributed by atoms with Crippen molar-refractivity contribution in [1.29, 1.82) is 0 Å². The fraction of sp³-hybridized carbons (Fsp3) is 0.833. The van der Waals surface area contributed by atoms with E-state index < -0.39 is 5.41 Å². The third-order valence-electron chi connectivity index (χ3n) is 3.60. The molecular weight excluding hydrogens is 190 g/mol. The van der Waals surface area contributed by atoms with E-state index in [1.807, 2.05) is 13.8 Å². The van der Waals surface area contributed by atoms with E-state index in [0.717, 1.165) is 25.7 Å². The van der Waals surface area contributed by atoms with Crippen LogP contribution >= 0.6 is 0 Å². The maximum Gasteiger partial charge on any atom is 0.235 e. The molecule has 1 heterocycles. The summed E-state index contributed by atoms with van der Waals surface area (Å²) < 4.78 is 0. The Morgan fingerprint density at radius 1 is 1.13 bits per heavy atom. The van der Waals surface area contributed by atoms with Gasteiger partial charge in [0.1, 0.15) is 0 Å². The smallest absolute Gasteiger partial charge is 0.235 e. The Morgan fingerprint density at radius 2 is 1.73 bits per heavy atom. The number of hydrogen-bond acceptors (Lipinski definition) is 2. The number of rotatable bonds is 1. The van der Waals surface area contributed by atoms with Crippen molar-refractivity contribution in [3.63, 3.8) is 0 Å². The third-order valence-corrected chi connectivity index (χ3v) is 3.60. The molecule has 0 atom stereocenters. The first-order valence-electron chi connectivity index (χ1n) is 5.89. The summed E-state index contributed by atoms with van der Waals surface area (Å²) in [4.78, 5) is 25.4. The predicted molar refractivity (Wildman–Crippen MR) is 57.1 cm³/mol. The van der Waals surface area contributed by atoms with E-state index in [9.17, 15) is 9.59 Å². The molecule has 0 bridgehead atoms. The minimum absolute atomic E-state index is 0.0388. The van der Waals surface area contributed by atoms with E-state index in [1.54, 1.807) is 4.90 Å². The van der Waals surface area contributed by atoms with Crippen molar-refractivity contribution < 1.29 is 9.59 Å². The molecule has 1 saturated heterocycles. The van der Waals surface area contributed by atoms with Gasteiger partial charge in [0, 0.05) is 12.5 Å². The monoisotopic (exact) mass is 209 g/mol. The summed E-state index contributed by atoms with van der Waals surface area (Å²) >= 11 is 0. The van der Waals surface area contributed by atoms with Crippen molar-refractivity contribution in [2.75, 3.05) is 0 Å². The molecule has 0 aromatic carbocycles. The molecular formula is C12H19NO2. The van der Waals surface area contributed by atoms with Gasteiger partial charge in [0.05, 0.1) is 5.41 Å². The van der Waals surface area contributed by atoms with E-state index in [2.05, 4.69) is 0 Å². The van der Waals surface area contributed by atoms with Crippen LogP contribution in [0.1, 0.15) is 52.4 Å². The van der Waals surface area contributed by atoms with Gasteiger partial charge >= 0.3 is 0 Å². The van der Waals surface area contributed by atoms with Gasteiger partial charge in [0.15, 0.2) is 0 Å². The van der Waals surface area contributed by atoms with Crippen LogP contribution in [-0.2, 0) is 9.59 Å². The number of imide groups is 1. The van der Waals surface area contributed by atoms with E-state index in [0.29, 0.717) is 6.42 Å². The molecule has 2 fully saturated rings. The lowest BCUT2D eigenvalue weighted by Gasteiger charge is -2.30. The third kappa shape index (κ3) is 1.80. The molecule has 0 spiro atoms. The van der Waals surface area contributed by atoms with Crippen molar-refractivity contribution in [2.24, 2.45) is 5.41 Å². The van der Waals surface area contributed by atoms with Crippen molar-refractivity contribution in [3.8, 4) is 0 Å². The second kappa shape index (κ2) is 3.62. The number of amides is 2. The Kier molecular flexibility index (Phi) is 2.57. The van der Waals surface area contributed by atoms with Gasteiger partial charge in [-0.2, -0.15) is 0 Å². The van der Waals surface area contributed by atoms with Gasteiger partial charge < -0.3 is 0 Å². The van der Waals surface area contributed by atoms with Crippen molar-refractivity contribution in [1.82, 2.24) is 4.90 Å². The highest BCUT2D eigenvalue weighted by Gasteiger charge is 2.47. The fourth-order valence-corrected chi connectivity index (χ4v) is 2.69. The Hall–Kier alpha value is -0.860. The molecule has 0 aromatic heterocycles. The van der Waals surface area contributed by atoms with Crippen LogP contribution < -0.4 is 0 Å². The number of hydrogen-bond donors (Lipinski definition) is 0. The summed E-state index contributed by atoms with van der Waals surface area (Å²) in [7, 11) is 0. The molecule has 0 radical (unpaired) electrons. The standard InChI is InChI=1S/C12H19NO2/c1-12(2)8-10(14)13(11(12)15)9-6-4-3-5-7-9/h9H,3-8H2,1-2H3. The van der Waals surface area contributed by atoms with E-state index in [1.165, 1.54) is 6.42 Å². The first kappa shape index (κ1) is 10.7. The zero-order valence-corrected chi connectivity index (χ0v) is 9.58. The molecule has 3 nitrogen and oxygen atoms in total. The van der Waals surface area contributed by atoms with Crippen LogP contribution in [-0.4, -0.2) is 22.8 Å². The summed E-state index contributed by atoms with van der Waals surface area (Å²) in [6, 6.07) is 0.195. The average Bonchev–Trinajstić information content (AvgIpc) is 2.38. The van der Waals surface area contributed by atoms with Crippen LogP contribution in [0.15, 0.2) is 0 Å². The molecule has 2 amide bonds. The number of nitrogens with zero attached hydrogens (tertiary/aromatic N) is 1. The van der Waals surface area contributed by atoms with Crippen LogP contribution in [0.3, 0.4) is 0 Å². The molecule has 1 aliphatic heterocycles. The predicted octanol–water partition coefficient (Wildman–Crippen LogP) is 2.10. The molecule has 0 unspecified atom stereocenters. The molecule has 2 aliphatic rings. The van der Waals surface area contributed by atoms with Crippen LogP contribution in [0, 0.1) is 5.41 Å². The first-order chi connectivity index (χ1) is 7.02. The minimum Gasteiger partial charge on any atom is -0.279 e. The molecule has 84 valence electrons. The van der Waals surface area contributed by atoms with Gasteiger partial charge in [-0.05, 0) is 12.8 Å². The van der Waals surface area contributed by atoms with Gasteiger partial charge in [-0.15, -0.1) is 0 Å². The lowest BCUT2D eigenvalue weighted by Crippen LogP contribution is -2.42. The van der Waals surface area contributed by atoms with Gasteiger partial charge in [-0.3, -0.25) is 14.5 Å². The highest BCUT2D eigenvalue weighted by Crippen LogP contribution is 2.36. The van der Waals surface area contributed by atoms with Crippen LogP contribution in [0.4, 0.5) is 0 Å². The Bertz CT molecular complexity index is 290. The Labute approximate surface area is 90.8 Å². The Morgan fingerprint density at radius 3 is 2.20 bits per heavy atom. The van der Waals surface area contributed by atoms with E-state index in [4.69, 9.17) is 0 Å². The summed E-state index contributed by atoms with van der Waals surface area (Å²) in [5, 5.41) is 0. The molecule has 0 aromatic rings. The summed E-state index contributed by atoms with van der Waals surface area (Å²) in [6.07, 6.45) is 5.96. The van der Waals surface area contributed by atoms with Crippen molar-refractivity contribution in [2.45, 2.75) is 58.4 Å². The van der Waals surface area contributed by atoms with Gasteiger partial charge in [0.2, 0.25) is 11.8 Å². The van der Waals surface area contributed by atoms with Crippen molar-refractivity contribution in [3.05, 3.63) is 0 Å². The highest BCUT2D eigenvalue weighted by atomic mass is 16.2. The number of likely N-dealkylation sites (tertiary alicyclic amines) is 1. The van der Waals surface area contributed by atoms with Gasteiger partial charge in [0.25, 0.3) is 0 Å². The van der Waals surface area contributed by atoms with E-state index >= 15 is 0 Å². The molecule has 2 rings (SSSR count). The highest BCUT2D eigenvalue weighted by molar-refractivity contribution is 6.05. The normalized spacial score (nSPS) is 27.5. The van der Waals surface area contributed by atoms with Crippen molar-refractivity contribution >= 4 is 11.8 Å². The minimum atomic E-state index is -0.464. The zero-order chi connectivity index (χ0) is 11.1. The lowest BCUT2D eigenvalue weighted by atomic mass is 9.91. The summed E-state index contributed by atoms with van der Waals surface area (Å²) in [5.74, 6) is 0.0799. The maximum absolute atomic E-state index is 12.0. The fourth-order valence-electron chi connectivity index (χ4n) is 2.69. The second-order valence-corrected chi connectivity index (χ2v) is 5.42. The van der Waals surface area contributed by atoms with Crippen LogP contribution in [0.25, 0.3) is 0 Å². The molecule has 0 N–H and O–H groups in total. The SMILES string of the molecule is CC1(C)CC(=O)N(C2CCCCC2)C1=O. The van der Waals surface area contributed by atoms with E-state index in [-0.39, 0.29) is 17.9 Å². The molecule has 15 heavy (non-hydrogen) atoms. The lowest BCUT2D eigenvalue weighted by molar-refractivity contribution is -0.144. The number of carbonyl (C=O) groups excluding carboxylic acids is 2. The summed E-state index contributed by atoms with van der Waals surface area (Å²) in [6.45, 7) is 3.74. The van der Waals surface area contributed by atoms with Crippen LogP contribution in [0.5, 0.6) is 0 Å². The maximum atomic E-state index is 12.0. The average molecular weight is 209 g/mol. The topological polar surface area (TPSA) is 37.4 Å². The van der Waals surface area contributed by atoms with Gasteiger partial charge in [-0.1, -0.05) is 33.1 Å². The Balaban J connectivity index is 2.14. The first-order valence-corrected chi connectivity index (χ1v) is 5.89. The second-order valence-electron chi connectivity index (χ2n) is 5.42. The largest absolute Gasteiger partial charge is 0.279 e. The molecule has 3 heteroatoms. The van der Waals surface area contributed by atoms with Crippen LogP contribution in [0.2, 0.25) is 0 Å². The summed E-state index contributed by atoms with van der Waals surface area (Å²) in [5.41, 5.74) is -0.464. The quantitative estimate of drug-likeness (QED) is 0.620. The number of carbonyl (C=O) groups is 2.